The second kappa shape index (κ2) is 10.5. The van der Waals surface area contributed by atoms with Crippen molar-refractivity contribution in [2.24, 2.45) is 4.99 Å². The average molecular weight is 386 g/mol. The number of sulfonamides is 1. The van der Waals surface area contributed by atoms with E-state index in [1.165, 1.54) is 29.8 Å². The molecule has 0 atom stereocenters. The molecule has 0 aliphatic carbocycles. The highest BCUT2D eigenvalue weighted by molar-refractivity contribution is 7.88. The van der Waals surface area contributed by atoms with Gasteiger partial charge in [0.2, 0.25) is 10.0 Å². The number of guanidine groups is 1. The smallest absolute Gasteiger partial charge is 0.220 e. The van der Waals surface area contributed by atoms with Gasteiger partial charge in [-0.25, -0.2) is 8.42 Å². The molecule has 0 saturated carbocycles. The van der Waals surface area contributed by atoms with Crippen molar-refractivity contribution in [2.75, 3.05) is 39.3 Å². The highest BCUT2D eigenvalue weighted by Crippen LogP contribution is 2.13. The number of piperazine rings is 1. The van der Waals surface area contributed by atoms with Gasteiger partial charge in [-0.3, -0.25) is 4.99 Å². The Labute approximate surface area is 156 Å². The second-order valence-electron chi connectivity index (χ2n) is 6.43. The Hall–Kier alpha value is -1.61. The van der Waals surface area contributed by atoms with Crippen LogP contribution in [0.15, 0.2) is 21.8 Å². The third-order valence-corrected chi connectivity index (χ3v) is 6.17. The summed E-state index contributed by atoms with van der Waals surface area (Å²) < 4.78 is 31.3. The summed E-state index contributed by atoms with van der Waals surface area (Å²) in [7, 11) is -3.37. The van der Waals surface area contributed by atoms with Gasteiger partial charge in [0.1, 0.15) is 12.0 Å². The van der Waals surface area contributed by atoms with Gasteiger partial charge in [0.15, 0.2) is 5.96 Å². The molecular formula is C17H31N5O3S. The van der Waals surface area contributed by atoms with Crippen LogP contribution in [0.2, 0.25) is 0 Å². The summed E-state index contributed by atoms with van der Waals surface area (Å²) in [5, 5.41) is 7.02. The average Bonchev–Trinajstić information content (AvgIpc) is 3.13. The number of hydrogen-bond acceptors (Lipinski definition) is 5. The lowest BCUT2D eigenvalue weighted by Gasteiger charge is -2.35. The summed E-state index contributed by atoms with van der Waals surface area (Å²) in [4.78, 5) is 6.84. The first-order chi connectivity index (χ1) is 12.6. The minimum absolute atomic E-state index is 0.116. The quantitative estimate of drug-likeness (QED) is 0.395. The van der Waals surface area contributed by atoms with E-state index in [9.17, 15) is 8.42 Å². The molecule has 1 aliphatic heterocycles. The number of rotatable bonds is 9. The van der Waals surface area contributed by atoms with Crippen LogP contribution in [0.25, 0.3) is 0 Å². The van der Waals surface area contributed by atoms with Crippen LogP contribution in [0.3, 0.4) is 0 Å². The number of unbranched alkanes of at least 4 members (excludes halogenated alkanes) is 3. The van der Waals surface area contributed by atoms with Gasteiger partial charge in [-0.05, 0) is 13.3 Å². The zero-order valence-corrected chi connectivity index (χ0v) is 16.7. The van der Waals surface area contributed by atoms with Crippen molar-refractivity contribution in [3.8, 4) is 0 Å². The van der Waals surface area contributed by atoms with Gasteiger partial charge >= 0.3 is 0 Å². The highest BCUT2D eigenvalue weighted by Gasteiger charge is 2.28. The van der Waals surface area contributed by atoms with Crippen LogP contribution in [0.4, 0.5) is 0 Å². The van der Waals surface area contributed by atoms with E-state index in [4.69, 9.17) is 9.52 Å². The number of aromatic nitrogens is 1. The molecule has 1 saturated heterocycles. The lowest BCUT2D eigenvalue weighted by Crippen LogP contribution is -2.53. The molecule has 0 unspecified atom stereocenters. The molecule has 8 nitrogen and oxygen atoms in total. The third kappa shape index (κ3) is 6.28. The van der Waals surface area contributed by atoms with Gasteiger partial charge in [0.25, 0.3) is 0 Å². The van der Waals surface area contributed by atoms with Crippen molar-refractivity contribution >= 4 is 16.0 Å². The van der Waals surface area contributed by atoms with Crippen LogP contribution in [-0.4, -0.2) is 68.0 Å². The standard InChI is InChI=1S/C17H31N5O3S/c1-3-5-6-7-9-19-17(18-4-2)21-10-12-22(13-11-21)26(23,24)15-16-8-14-25-20-16/h8,14H,3-7,9-13,15H2,1-2H3,(H,18,19). The van der Waals surface area contributed by atoms with E-state index in [0.29, 0.717) is 31.9 Å². The molecule has 1 aromatic rings. The maximum absolute atomic E-state index is 12.5. The van der Waals surface area contributed by atoms with E-state index in [2.05, 4.69) is 22.3 Å². The largest absolute Gasteiger partial charge is 0.364 e. The first-order valence-corrected chi connectivity index (χ1v) is 11.1. The Balaban J connectivity index is 1.87. The lowest BCUT2D eigenvalue weighted by molar-refractivity contribution is 0.259. The van der Waals surface area contributed by atoms with Gasteiger partial charge in [-0.1, -0.05) is 31.3 Å². The maximum Gasteiger partial charge on any atom is 0.220 e. The molecule has 2 heterocycles. The molecule has 26 heavy (non-hydrogen) atoms. The Kier molecular flexibility index (Phi) is 8.37. The number of nitrogens with one attached hydrogen (secondary N) is 1. The van der Waals surface area contributed by atoms with Crippen LogP contribution in [0.5, 0.6) is 0 Å². The first-order valence-electron chi connectivity index (χ1n) is 9.47. The van der Waals surface area contributed by atoms with E-state index < -0.39 is 10.0 Å². The predicted octanol–water partition coefficient (Wildman–Crippen LogP) is 1.67. The number of aliphatic imine (C=N–C) groups is 1. The summed E-state index contributed by atoms with van der Waals surface area (Å²) in [5.74, 6) is 0.771. The van der Waals surface area contributed by atoms with Crippen LogP contribution in [-0.2, 0) is 15.8 Å². The van der Waals surface area contributed by atoms with Crippen molar-refractivity contribution < 1.29 is 12.9 Å². The molecule has 1 aliphatic rings. The van der Waals surface area contributed by atoms with E-state index >= 15 is 0 Å². The van der Waals surface area contributed by atoms with Gasteiger partial charge in [-0.2, -0.15) is 4.31 Å². The van der Waals surface area contributed by atoms with Crippen molar-refractivity contribution in [2.45, 2.75) is 45.3 Å². The normalized spacial score (nSPS) is 16.8. The fraction of sp³-hybridized carbons (Fsp3) is 0.765. The minimum Gasteiger partial charge on any atom is -0.364 e. The van der Waals surface area contributed by atoms with Gasteiger partial charge in [-0.15, -0.1) is 0 Å². The van der Waals surface area contributed by atoms with Gasteiger partial charge < -0.3 is 14.7 Å². The fourth-order valence-corrected chi connectivity index (χ4v) is 4.34. The molecule has 0 amide bonds. The van der Waals surface area contributed by atoms with Gasteiger partial charge in [0, 0.05) is 45.3 Å². The molecule has 148 valence electrons. The zero-order valence-electron chi connectivity index (χ0n) is 15.9. The predicted molar refractivity (Wildman–Crippen MR) is 102 cm³/mol. The van der Waals surface area contributed by atoms with Gasteiger partial charge in [0.05, 0.1) is 5.69 Å². The summed E-state index contributed by atoms with van der Waals surface area (Å²) in [6.45, 7) is 8.05. The van der Waals surface area contributed by atoms with E-state index in [0.717, 1.165) is 25.5 Å². The minimum atomic E-state index is -3.37. The molecule has 1 aromatic heterocycles. The Morgan fingerprint density at radius 1 is 1.23 bits per heavy atom. The van der Waals surface area contributed by atoms with E-state index in [-0.39, 0.29) is 5.75 Å². The monoisotopic (exact) mass is 385 g/mol. The molecule has 0 bridgehead atoms. The molecule has 0 radical (unpaired) electrons. The van der Waals surface area contributed by atoms with Crippen molar-refractivity contribution in [3.63, 3.8) is 0 Å². The number of nitrogens with zero attached hydrogens (tertiary/aromatic N) is 4. The molecule has 1 fully saturated rings. The molecule has 1 N–H and O–H groups in total. The van der Waals surface area contributed by atoms with E-state index in [1.807, 2.05) is 6.92 Å². The number of hydrogen-bond donors (Lipinski definition) is 1. The third-order valence-electron chi connectivity index (χ3n) is 4.36. The molecule has 2 rings (SSSR count). The summed E-state index contributed by atoms with van der Waals surface area (Å²) in [5.41, 5.74) is 0.439. The van der Waals surface area contributed by atoms with Crippen LogP contribution >= 0.6 is 0 Å². The molecular weight excluding hydrogens is 354 g/mol. The maximum atomic E-state index is 12.5. The topological polar surface area (TPSA) is 91.0 Å². The molecule has 9 heteroatoms. The van der Waals surface area contributed by atoms with Crippen LogP contribution in [0, 0.1) is 0 Å². The fourth-order valence-electron chi connectivity index (χ4n) is 2.92. The Morgan fingerprint density at radius 2 is 2.00 bits per heavy atom. The Morgan fingerprint density at radius 3 is 2.62 bits per heavy atom. The summed E-state index contributed by atoms with van der Waals surface area (Å²) in [6.07, 6.45) is 6.15. The lowest BCUT2D eigenvalue weighted by atomic mass is 10.2. The second-order valence-corrected chi connectivity index (χ2v) is 8.40. The van der Waals surface area contributed by atoms with Crippen LogP contribution < -0.4 is 5.32 Å². The summed E-state index contributed by atoms with van der Waals surface area (Å²) >= 11 is 0. The molecule has 0 spiro atoms. The van der Waals surface area contributed by atoms with Crippen molar-refractivity contribution in [1.29, 1.82) is 0 Å². The summed E-state index contributed by atoms with van der Waals surface area (Å²) in [6, 6.07) is 1.59. The zero-order chi connectivity index (χ0) is 18.8. The van der Waals surface area contributed by atoms with Crippen molar-refractivity contribution in [3.05, 3.63) is 18.0 Å². The highest BCUT2D eigenvalue weighted by atomic mass is 32.2. The first kappa shape index (κ1) is 20.7. The molecule has 0 aromatic carbocycles. The SMILES string of the molecule is CCCCCCN=C(NCC)N1CCN(S(=O)(=O)Cc2ccon2)CC1. The van der Waals surface area contributed by atoms with Crippen molar-refractivity contribution in [1.82, 2.24) is 19.7 Å². The van der Waals surface area contributed by atoms with E-state index in [1.54, 1.807) is 6.07 Å². The Bertz CT molecular complexity index is 637. The van der Waals surface area contributed by atoms with Crippen LogP contribution in [0.1, 0.15) is 45.2 Å².